The van der Waals surface area contributed by atoms with E-state index in [4.69, 9.17) is 15.2 Å². The standard InChI is InChI=1S/C14H17NO3/c1-2-3-9-17-11-13(15)14(16)18-10-12-7-5-4-6-8-12/h4-8,13H,9-11,15H2,1H3/t13-/m0/s1. The molecular weight excluding hydrogens is 230 g/mol. The van der Waals surface area contributed by atoms with Crippen LogP contribution in [0.1, 0.15) is 12.5 Å². The minimum atomic E-state index is -0.771. The summed E-state index contributed by atoms with van der Waals surface area (Å²) in [7, 11) is 0. The zero-order valence-corrected chi connectivity index (χ0v) is 10.4. The summed E-state index contributed by atoms with van der Waals surface area (Å²) in [5.41, 5.74) is 6.54. The number of benzene rings is 1. The first-order chi connectivity index (χ1) is 8.74. The summed E-state index contributed by atoms with van der Waals surface area (Å²) >= 11 is 0. The molecule has 0 radical (unpaired) electrons. The van der Waals surface area contributed by atoms with Gasteiger partial charge in [-0.2, -0.15) is 0 Å². The largest absolute Gasteiger partial charge is 0.460 e. The maximum absolute atomic E-state index is 11.5. The average molecular weight is 247 g/mol. The quantitative estimate of drug-likeness (QED) is 0.464. The highest BCUT2D eigenvalue weighted by molar-refractivity contribution is 5.75. The first-order valence-corrected chi connectivity index (χ1v) is 5.67. The molecule has 0 fully saturated rings. The molecule has 0 aliphatic carbocycles. The minimum Gasteiger partial charge on any atom is -0.460 e. The van der Waals surface area contributed by atoms with Crippen LogP contribution < -0.4 is 5.73 Å². The van der Waals surface area contributed by atoms with E-state index in [0.29, 0.717) is 0 Å². The number of carbonyl (C=O) groups excluding carboxylic acids is 1. The van der Waals surface area contributed by atoms with Gasteiger partial charge in [-0.3, -0.25) is 4.79 Å². The highest BCUT2D eigenvalue weighted by atomic mass is 16.5. The van der Waals surface area contributed by atoms with Crippen LogP contribution in [0.25, 0.3) is 0 Å². The monoisotopic (exact) mass is 247 g/mol. The van der Waals surface area contributed by atoms with E-state index in [0.717, 1.165) is 5.56 Å². The third-order valence-electron chi connectivity index (χ3n) is 2.18. The van der Waals surface area contributed by atoms with E-state index in [1.165, 1.54) is 0 Å². The van der Waals surface area contributed by atoms with E-state index in [2.05, 4.69) is 11.8 Å². The van der Waals surface area contributed by atoms with Crippen LogP contribution in [0.15, 0.2) is 30.3 Å². The molecule has 4 heteroatoms. The van der Waals surface area contributed by atoms with Crippen LogP contribution in [-0.4, -0.2) is 25.2 Å². The summed E-state index contributed by atoms with van der Waals surface area (Å²) in [6, 6.07) is 8.66. The summed E-state index contributed by atoms with van der Waals surface area (Å²) in [5, 5.41) is 0. The molecule has 1 aromatic carbocycles. The van der Waals surface area contributed by atoms with Crippen molar-refractivity contribution in [3.05, 3.63) is 35.9 Å². The van der Waals surface area contributed by atoms with Crippen molar-refractivity contribution < 1.29 is 14.3 Å². The molecule has 0 amide bonds. The Balaban J connectivity index is 2.25. The summed E-state index contributed by atoms with van der Waals surface area (Å²) in [4.78, 5) is 11.5. The van der Waals surface area contributed by atoms with Gasteiger partial charge in [-0.1, -0.05) is 36.3 Å². The van der Waals surface area contributed by atoms with Crippen molar-refractivity contribution in [2.24, 2.45) is 5.73 Å². The summed E-state index contributed by atoms with van der Waals surface area (Å²) in [6.07, 6.45) is 0. The van der Waals surface area contributed by atoms with Gasteiger partial charge in [0.15, 0.2) is 0 Å². The van der Waals surface area contributed by atoms with E-state index in [-0.39, 0.29) is 19.8 Å². The normalized spacial score (nSPS) is 11.2. The number of hydrogen-bond acceptors (Lipinski definition) is 4. The predicted molar refractivity (Wildman–Crippen MR) is 68.5 cm³/mol. The summed E-state index contributed by atoms with van der Waals surface area (Å²) < 4.78 is 10.2. The SMILES string of the molecule is CC#CCOC[C@H](N)C(=O)OCc1ccccc1. The molecule has 0 spiro atoms. The van der Waals surface area contributed by atoms with Gasteiger partial charge in [0.2, 0.25) is 0 Å². The van der Waals surface area contributed by atoms with Gasteiger partial charge in [0.25, 0.3) is 0 Å². The molecule has 0 unspecified atom stereocenters. The average Bonchev–Trinajstić information content (AvgIpc) is 2.42. The number of nitrogens with two attached hydrogens (primary N) is 1. The van der Waals surface area contributed by atoms with Gasteiger partial charge in [0.1, 0.15) is 19.3 Å². The van der Waals surface area contributed by atoms with Crippen molar-refractivity contribution in [3.63, 3.8) is 0 Å². The van der Waals surface area contributed by atoms with Crippen LogP contribution in [-0.2, 0) is 20.9 Å². The van der Waals surface area contributed by atoms with Gasteiger partial charge in [-0.05, 0) is 12.5 Å². The zero-order chi connectivity index (χ0) is 13.2. The van der Waals surface area contributed by atoms with Crippen molar-refractivity contribution in [3.8, 4) is 11.8 Å². The van der Waals surface area contributed by atoms with Crippen LogP contribution in [0, 0.1) is 11.8 Å². The highest BCUT2D eigenvalue weighted by Crippen LogP contribution is 2.01. The maximum atomic E-state index is 11.5. The Kier molecular flexibility index (Phi) is 6.55. The van der Waals surface area contributed by atoms with E-state index in [1.54, 1.807) is 6.92 Å². The second-order valence-corrected chi connectivity index (χ2v) is 3.64. The molecule has 0 aromatic heterocycles. The lowest BCUT2D eigenvalue weighted by atomic mass is 10.2. The lowest BCUT2D eigenvalue weighted by Crippen LogP contribution is -2.36. The number of rotatable bonds is 6. The molecule has 2 N–H and O–H groups in total. The van der Waals surface area contributed by atoms with Crippen LogP contribution in [0.4, 0.5) is 0 Å². The number of esters is 1. The molecule has 0 aliphatic heterocycles. The van der Waals surface area contributed by atoms with Gasteiger partial charge in [0, 0.05) is 0 Å². The van der Waals surface area contributed by atoms with Gasteiger partial charge in [0.05, 0.1) is 6.61 Å². The highest BCUT2D eigenvalue weighted by Gasteiger charge is 2.14. The van der Waals surface area contributed by atoms with Crippen molar-refractivity contribution in [1.29, 1.82) is 0 Å². The van der Waals surface area contributed by atoms with Crippen LogP contribution >= 0.6 is 0 Å². The molecule has 0 aliphatic rings. The van der Waals surface area contributed by atoms with Crippen LogP contribution in [0.2, 0.25) is 0 Å². The topological polar surface area (TPSA) is 61.5 Å². The summed E-state index contributed by atoms with van der Waals surface area (Å²) in [6.45, 7) is 2.33. The number of ether oxygens (including phenoxy) is 2. The molecule has 0 saturated carbocycles. The smallest absolute Gasteiger partial charge is 0.325 e. The molecule has 4 nitrogen and oxygen atoms in total. The molecule has 1 aromatic rings. The van der Waals surface area contributed by atoms with Crippen LogP contribution in [0.5, 0.6) is 0 Å². The molecule has 18 heavy (non-hydrogen) atoms. The van der Waals surface area contributed by atoms with E-state index < -0.39 is 12.0 Å². The third-order valence-corrected chi connectivity index (χ3v) is 2.18. The second-order valence-electron chi connectivity index (χ2n) is 3.64. The fourth-order valence-corrected chi connectivity index (χ4v) is 1.21. The molecule has 96 valence electrons. The molecule has 1 atom stereocenters. The van der Waals surface area contributed by atoms with Crippen LogP contribution in [0.3, 0.4) is 0 Å². The fraction of sp³-hybridized carbons (Fsp3) is 0.357. The fourth-order valence-electron chi connectivity index (χ4n) is 1.21. The van der Waals surface area contributed by atoms with E-state index >= 15 is 0 Å². The minimum absolute atomic E-state index is 0.113. The number of carbonyl (C=O) groups is 1. The van der Waals surface area contributed by atoms with Gasteiger partial charge in [-0.15, -0.1) is 5.92 Å². The molecule has 0 bridgehead atoms. The van der Waals surface area contributed by atoms with Crippen molar-refractivity contribution in [2.75, 3.05) is 13.2 Å². The van der Waals surface area contributed by atoms with Gasteiger partial charge >= 0.3 is 5.97 Å². The van der Waals surface area contributed by atoms with E-state index in [1.807, 2.05) is 30.3 Å². The Morgan fingerprint density at radius 3 is 2.78 bits per heavy atom. The molecule has 1 rings (SSSR count). The van der Waals surface area contributed by atoms with Crippen molar-refractivity contribution in [1.82, 2.24) is 0 Å². The Morgan fingerprint density at radius 2 is 2.11 bits per heavy atom. The Bertz CT molecular complexity index is 420. The Hall–Kier alpha value is -1.83. The first kappa shape index (κ1) is 14.2. The summed E-state index contributed by atoms with van der Waals surface area (Å²) in [5.74, 6) is 4.94. The second kappa shape index (κ2) is 8.29. The Morgan fingerprint density at radius 1 is 1.39 bits per heavy atom. The molecular formula is C14H17NO3. The van der Waals surface area contributed by atoms with E-state index in [9.17, 15) is 4.79 Å². The van der Waals surface area contributed by atoms with Crippen molar-refractivity contribution in [2.45, 2.75) is 19.6 Å². The zero-order valence-electron chi connectivity index (χ0n) is 10.4. The van der Waals surface area contributed by atoms with Crippen molar-refractivity contribution >= 4 is 5.97 Å². The molecule has 0 heterocycles. The lowest BCUT2D eigenvalue weighted by molar-refractivity contribution is -0.147. The van der Waals surface area contributed by atoms with Gasteiger partial charge < -0.3 is 15.2 Å². The first-order valence-electron chi connectivity index (χ1n) is 5.67. The third kappa shape index (κ3) is 5.48. The lowest BCUT2D eigenvalue weighted by Gasteiger charge is -2.11. The van der Waals surface area contributed by atoms with Gasteiger partial charge in [-0.25, -0.2) is 0 Å². The number of hydrogen-bond donors (Lipinski definition) is 1. The maximum Gasteiger partial charge on any atom is 0.325 e. The predicted octanol–water partition coefficient (Wildman–Crippen LogP) is 1.10. The Labute approximate surface area is 107 Å². The molecule has 0 saturated heterocycles.